The Kier molecular flexibility index (Phi) is 4.44. The van der Waals surface area contributed by atoms with Gasteiger partial charge in [0, 0.05) is 27.1 Å². The highest BCUT2D eigenvalue weighted by Gasteiger charge is 2.18. The van der Waals surface area contributed by atoms with Gasteiger partial charge in [0.2, 0.25) is 0 Å². The molecule has 1 N–H and O–H groups in total. The van der Waals surface area contributed by atoms with Crippen LogP contribution in [0.15, 0.2) is 47.8 Å². The molecular weight excluding hydrogens is 398 g/mol. The summed E-state index contributed by atoms with van der Waals surface area (Å²) in [5.74, 6) is -1.74. The lowest BCUT2D eigenvalue weighted by Gasteiger charge is -2.00. The Balaban J connectivity index is 1.60. The Morgan fingerprint density at radius 3 is 2.73 bits per heavy atom. The van der Waals surface area contributed by atoms with Crippen LogP contribution in [0.2, 0.25) is 5.02 Å². The summed E-state index contributed by atoms with van der Waals surface area (Å²) in [6, 6.07) is 10.7. The number of hydrogen-bond acceptors (Lipinski definition) is 4. The molecule has 0 unspecified atom stereocenters. The highest BCUT2D eigenvalue weighted by molar-refractivity contribution is 7.21. The summed E-state index contributed by atoms with van der Waals surface area (Å²) < 4.78 is 27.8. The minimum Gasteiger partial charge on any atom is -0.297 e. The van der Waals surface area contributed by atoms with Crippen LogP contribution in [0.3, 0.4) is 0 Å². The number of thiophene rings is 1. The molecule has 0 fully saturated rings. The zero-order valence-corrected chi connectivity index (χ0v) is 15.3. The van der Waals surface area contributed by atoms with E-state index < -0.39 is 11.6 Å². The molecular formula is C18H9ClF2N2OS2. The van der Waals surface area contributed by atoms with Gasteiger partial charge < -0.3 is 0 Å². The van der Waals surface area contributed by atoms with Gasteiger partial charge in [0.05, 0.1) is 10.7 Å². The van der Waals surface area contributed by atoms with Crippen molar-refractivity contribution < 1.29 is 13.6 Å². The van der Waals surface area contributed by atoms with Gasteiger partial charge in [-0.1, -0.05) is 29.8 Å². The zero-order chi connectivity index (χ0) is 18.3. The number of aromatic nitrogens is 1. The zero-order valence-electron chi connectivity index (χ0n) is 12.9. The van der Waals surface area contributed by atoms with E-state index in [1.165, 1.54) is 17.4 Å². The minimum absolute atomic E-state index is 0.169. The average molecular weight is 407 g/mol. The number of benzene rings is 2. The van der Waals surface area contributed by atoms with Gasteiger partial charge in [-0.25, -0.2) is 13.8 Å². The predicted molar refractivity (Wildman–Crippen MR) is 102 cm³/mol. The first-order chi connectivity index (χ1) is 12.5. The van der Waals surface area contributed by atoms with Crippen molar-refractivity contribution in [2.45, 2.75) is 0 Å². The molecule has 0 saturated carbocycles. The van der Waals surface area contributed by atoms with Crippen molar-refractivity contribution in [2.24, 2.45) is 0 Å². The molecule has 0 aliphatic carbocycles. The SMILES string of the molecule is O=C(Nc1nc(-c2ccc(F)cc2F)cs1)c1sc2ccccc2c1Cl. The molecule has 8 heteroatoms. The molecule has 0 aliphatic heterocycles. The van der Waals surface area contributed by atoms with Crippen LogP contribution < -0.4 is 5.32 Å². The van der Waals surface area contributed by atoms with E-state index in [9.17, 15) is 13.6 Å². The number of nitrogens with one attached hydrogen (secondary N) is 1. The lowest BCUT2D eigenvalue weighted by atomic mass is 10.1. The van der Waals surface area contributed by atoms with E-state index in [-0.39, 0.29) is 11.5 Å². The number of rotatable bonds is 3. The van der Waals surface area contributed by atoms with Crippen LogP contribution >= 0.6 is 34.3 Å². The van der Waals surface area contributed by atoms with E-state index in [1.54, 1.807) is 5.38 Å². The largest absolute Gasteiger partial charge is 0.297 e. The molecule has 2 heterocycles. The smallest absolute Gasteiger partial charge is 0.269 e. The predicted octanol–water partition coefficient (Wildman–Crippen LogP) is 6.21. The van der Waals surface area contributed by atoms with E-state index in [2.05, 4.69) is 10.3 Å². The normalized spacial score (nSPS) is 11.0. The molecule has 4 rings (SSSR count). The maximum absolute atomic E-state index is 13.9. The van der Waals surface area contributed by atoms with Gasteiger partial charge in [-0.05, 0) is 18.2 Å². The fourth-order valence-corrected chi connectivity index (χ4v) is 4.58. The van der Waals surface area contributed by atoms with Crippen LogP contribution in [0.5, 0.6) is 0 Å². The van der Waals surface area contributed by atoms with Gasteiger partial charge in [0.25, 0.3) is 5.91 Å². The second-order valence-electron chi connectivity index (χ2n) is 5.36. The summed E-state index contributed by atoms with van der Waals surface area (Å²) in [6.45, 7) is 0. The molecule has 0 saturated heterocycles. The molecule has 0 aliphatic rings. The Bertz CT molecular complexity index is 1140. The number of hydrogen-bond donors (Lipinski definition) is 1. The first-order valence-corrected chi connectivity index (χ1v) is 9.49. The van der Waals surface area contributed by atoms with E-state index in [1.807, 2.05) is 24.3 Å². The fraction of sp³-hybridized carbons (Fsp3) is 0. The van der Waals surface area contributed by atoms with Crippen LogP contribution in [-0.4, -0.2) is 10.9 Å². The van der Waals surface area contributed by atoms with E-state index >= 15 is 0 Å². The standard InChI is InChI=1S/C18H9ClF2N2OS2/c19-15-11-3-1-2-4-14(11)26-16(15)17(24)23-18-22-13(8-25-18)10-6-5-9(20)7-12(10)21/h1-8H,(H,22,23,24). The van der Waals surface area contributed by atoms with Gasteiger partial charge in [-0.2, -0.15) is 0 Å². The number of carbonyl (C=O) groups is 1. The lowest BCUT2D eigenvalue weighted by molar-refractivity contribution is 0.103. The van der Waals surface area contributed by atoms with Gasteiger partial charge in [-0.3, -0.25) is 10.1 Å². The van der Waals surface area contributed by atoms with Crippen molar-refractivity contribution in [1.82, 2.24) is 4.98 Å². The number of carbonyl (C=O) groups excluding carboxylic acids is 1. The third kappa shape index (κ3) is 3.09. The number of nitrogens with zero attached hydrogens (tertiary/aromatic N) is 1. The molecule has 2 aromatic carbocycles. The van der Waals surface area contributed by atoms with Crippen LogP contribution in [0.4, 0.5) is 13.9 Å². The third-order valence-electron chi connectivity index (χ3n) is 3.67. The third-order valence-corrected chi connectivity index (χ3v) is 6.10. The Morgan fingerprint density at radius 1 is 1.15 bits per heavy atom. The monoisotopic (exact) mass is 406 g/mol. The molecule has 0 atom stereocenters. The Morgan fingerprint density at radius 2 is 1.96 bits per heavy atom. The van der Waals surface area contributed by atoms with Gasteiger partial charge in [0.15, 0.2) is 5.13 Å². The molecule has 3 nitrogen and oxygen atoms in total. The number of anilines is 1. The van der Waals surface area contributed by atoms with Gasteiger partial charge >= 0.3 is 0 Å². The van der Waals surface area contributed by atoms with E-state index in [0.29, 0.717) is 20.7 Å². The quantitative estimate of drug-likeness (QED) is 0.439. The first kappa shape index (κ1) is 17.1. The molecule has 0 bridgehead atoms. The lowest BCUT2D eigenvalue weighted by Crippen LogP contribution is -2.10. The summed E-state index contributed by atoms with van der Waals surface area (Å²) >= 11 is 8.74. The number of fused-ring (bicyclic) bond motifs is 1. The summed E-state index contributed by atoms with van der Waals surface area (Å²) in [7, 11) is 0. The number of amides is 1. The van der Waals surface area contributed by atoms with Crippen molar-refractivity contribution in [2.75, 3.05) is 5.32 Å². The van der Waals surface area contributed by atoms with Crippen molar-refractivity contribution >= 4 is 55.4 Å². The summed E-state index contributed by atoms with van der Waals surface area (Å²) in [6.07, 6.45) is 0. The molecule has 130 valence electrons. The summed E-state index contributed by atoms with van der Waals surface area (Å²) in [5, 5.41) is 5.79. The number of thiazole rings is 1. The molecule has 0 radical (unpaired) electrons. The maximum Gasteiger partial charge on any atom is 0.269 e. The summed E-state index contributed by atoms with van der Waals surface area (Å²) in [5.41, 5.74) is 0.494. The van der Waals surface area contributed by atoms with Crippen LogP contribution in [0.1, 0.15) is 9.67 Å². The minimum atomic E-state index is -0.708. The van der Waals surface area contributed by atoms with Crippen molar-refractivity contribution in [3.05, 3.63) is 69.4 Å². The maximum atomic E-state index is 13.9. The Labute approximate surface area is 159 Å². The van der Waals surface area contributed by atoms with Gasteiger partial charge in [-0.15, -0.1) is 22.7 Å². The van der Waals surface area contributed by atoms with Crippen LogP contribution in [0.25, 0.3) is 21.3 Å². The topological polar surface area (TPSA) is 42.0 Å². The van der Waals surface area contributed by atoms with E-state index in [4.69, 9.17) is 11.6 Å². The molecule has 0 spiro atoms. The second kappa shape index (κ2) is 6.75. The average Bonchev–Trinajstić information content (AvgIpc) is 3.20. The summed E-state index contributed by atoms with van der Waals surface area (Å²) in [4.78, 5) is 17.1. The number of halogens is 3. The molecule has 1 amide bonds. The van der Waals surface area contributed by atoms with E-state index in [0.717, 1.165) is 33.6 Å². The van der Waals surface area contributed by atoms with Crippen LogP contribution in [0, 0.1) is 11.6 Å². The van der Waals surface area contributed by atoms with Crippen molar-refractivity contribution in [1.29, 1.82) is 0 Å². The molecule has 2 aromatic heterocycles. The highest BCUT2D eigenvalue weighted by atomic mass is 35.5. The van der Waals surface area contributed by atoms with Crippen LogP contribution in [-0.2, 0) is 0 Å². The first-order valence-electron chi connectivity index (χ1n) is 7.42. The molecule has 26 heavy (non-hydrogen) atoms. The molecule has 4 aromatic rings. The van der Waals surface area contributed by atoms with Crippen molar-refractivity contribution in [3.8, 4) is 11.3 Å². The van der Waals surface area contributed by atoms with Gasteiger partial charge in [0.1, 0.15) is 16.5 Å². The Hall–Kier alpha value is -2.35. The second-order valence-corrected chi connectivity index (χ2v) is 7.65. The van der Waals surface area contributed by atoms with Crippen molar-refractivity contribution in [3.63, 3.8) is 0 Å². The highest BCUT2D eigenvalue weighted by Crippen LogP contribution is 2.36. The fourth-order valence-electron chi connectivity index (χ4n) is 2.47.